The molecule has 3 heterocycles. The highest BCUT2D eigenvalue weighted by atomic mass is 16.7. The molecule has 2 saturated heterocycles. The summed E-state index contributed by atoms with van der Waals surface area (Å²) in [7, 11) is 8.84. The van der Waals surface area contributed by atoms with Crippen LogP contribution in [-0.2, 0) is 43.6 Å². The Bertz CT molecular complexity index is 1980. The molecule has 17 nitrogen and oxygen atoms in total. The number of aromatic hydroxyl groups is 2. The molecular formula is C39H49NO16. The Kier molecular flexibility index (Phi) is 9.88. The molecule has 5 N–H and O–H groups in total. The van der Waals surface area contributed by atoms with E-state index in [9.17, 15) is 39.9 Å². The molecule has 0 spiro atoms. The number of ether oxygens (including phenoxy) is 8. The van der Waals surface area contributed by atoms with E-state index in [1.54, 1.807) is 32.8 Å². The van der Waals surface area contributed by atoms with Gasteiger partial charge in [-0.1, -0.05) is 0 Å². The maximum atomic E-state index is 14.8. The lowest BCUT2D eigenvalue weighted by atomic mass is 9.68. The molecule has 0 aromatic heterocycles. The lowest BCUT2D eigenvalue weighted by molar-refractivity contribution is -0.345. The first-order valence-corrected chi connectivity index (χ1v) is 18.2. The molecule has 2 bridgehead atoms. The van der Waals surface area contributed by atoms with Crippen LogP contribution in [0.4, 0.5) is 0 Å². The number of ketones is 2. The number of likely N-dealkylation sites (N-methyl/N-ethyl adjacent to an activating group) is 1. The predicted molar refractivity (Wildman–Crippen MR) is 191 cm³/mol. The number of benzene rings is 2. The number of nitrogens with zero attached hydrogens (tertiary/aromatic N) is 1. The summed E-state index contributed by atoms with van der Waals surface area (Å²) in [6.07, 6.45) is -9.16. The first-order chi connectivity index (χ1) is 26.2. The van der Waals surface area contributed by atoms with Crippen molar-refractivity contribution in [3.63, 3.8) is 0 Å². The molecule has 56 heavy (non-hydrogen) atoms. The lowest BCUT2D eigenvalue weighted by Crippen LogP contribution is -2.68. The SMILES string of the molecule is COC(=O)[C@@H]1c2cc3c(c(O)c2[C@@H](O[C@@H]2O[C@H](C)[C@H](OC)[C@](C)(OC)[C@@H]2OC)C[C@]1(C)O)C(=O)c1c(O)cc2c(c1C3=O)O[C@H]1O[C@@]2(C)[C@H](O)[C@H](N(C)C)[C@H]1O. The molecule has 2 aliphatic carbocycles. The summed E-state index contributed by atoms with van der Waals surface area (Å²) in [6, 6.07) is 1.50. The van der Waals surface area contributed by atoms with Crippen LogP contribution in [0.2, 0.25) is 0 Å². The number of rotatable bonds is 7. The summed E-state index contributed by atoms with van der Waals surface area (Å²) in [5.41, 5.74) is -6.55. The maximum Gasteiger partial charge on any atom is 0.316 e. The lowest BCUT2D eigenvalue weighted by Gasteiger charge is -2.53. The molecule has 17 heteroatoms. The first-order valence-electron chi connectivity index (χ1n) is 18.2. The fraction of sp³-hybridized carbons (Fsp3) is 0.615. The summed E-state index contributed by atoms with van der Waals surface area (Å²) >= 11 is 0. The molecule has 7 rings (SSSR count). The van der Waals surface area contributed by atoms with Gasteiger partial charge in [0.2, 0.25) is 12.1 Å². The predicted octanol–water partition coefficient (Wildman–Crippen LogP) is 1.14. The second kappa shape index (κ2) is 13.7. The second-order valence-electron chi connectivity index (χ2n) is 16.0. The van der Waals surface area contributed by atoms with Crippen LogP contribution in [0.25, 0.3) is 0 Å². The van der Waals surface area contributed by atoms with Gasteiger partial charge in [-0.2, -0.15) is 0 Å². The summed E-state index contributed by atoms with van der Waals surface area (Å²) in [5.74, 6) is -5.85. The van der Waals surface area contributed by atoms with Gasteiger partial charge in [0, 0.05) is 44.4 Å². The van der Waals surface area contributed by atoms with E-state index < -0.39 is 124 Å². The van der Waals surface area contributed by atoms with E-state index in [0.717, 1.165) is 13.2 Å². The Hall–Kier alpha value is -3.75. The van der Waals surface area contributed by atoms with Gasteiger partial charge in [0.05, 0.1) is 47.7 Å². The van der Waals surface area contributed by atoms with Crippen LogP contribution >= 0.6 is 0 Å². The van der Waals surface area contributed by atoms with Gasteiger partial charge >= 0.3 is 5.97 Å². The van der Waals surface area contributed by atoms with Crippen molar-refractivity contribution in [1.29, 1.82) is 0 Å². The van der Waals surface area contributed by atoms with Gasteiger partial charge in [-0.3, -0.25) is 14.4 Å². The Morgan fingerprint density at radius 2 is 1.61 bits per heavy atom. The van der Waals surface area contributed by atoms with Gasteiger partial charge in [-0.25, -0.2) is 0 Å². The fourth-order valence-corrected chi connectivity index (χ4v) is 9.68. The van der Waals surface area contributed by atoms with Crippen LogP contribution < -0.4 is 4.74 Å². The van der Waals surface area contributed by atoms with Crippen LogP contribution in [0.5, 0.6) is 17.2 Å². The molecular weight excluding hydrogens is 738 g/mol. The summed E-state index contributed by atoms with van der Waals surface area (Å²) < 4.78 is 47.4. The average molecular weight is 788 g/mol. The van der Waals surface area contributed by atoms with Gasteiger partial charge in [0.1, 0.15) is 58.8 Å². The molecule has 306 valence electrons. The molecule has 2 aromatic rings. The van der Waals surface area contributed by atoms with Gasteiger partial charge < -0.3 is 68.3 Å². The topological polar surface area (TPSA) is 229 Å². The van der Waals surface area contributed by atoms with Crippen molar-refractivity contribution in [2.24, 2.45) is 0 Å². The normalized spacial score (nSPS) is 38.6. The Morgan fingerprint density at radius 3 is 2.20 bits per heavy atom. The molecule has 0 saturated carbocycles. The minimum Gasteiger partial charge on any atom is -0.507 e. The van der Waals surface area contributed by atoms with Crippen LogP contribution in [-0.4, -0.2) is 151 Å². The third-order valence-electron chi connectivity index (χ3n) is 12.5. The van der Waals surface area contributed by atoms with Gasteiger partial charge in [0.25, 0.3) is 0 Å². The van der Waals surface area contributed by atoms with Crippen LogP contribution in [0, 0.1) is 0 Å². The van der Waals surface area contributed by atoms with Crippen molar-refractivity contribution in [1.82, 2.24) is 4.90 Å². The van der Waals surface area contributed by atoms with E-state index in [1.807, 2.05) is 0 Å². The molecule has 0 amide bonds. The van der Waals surface area contributed by atoms with E-state index in [-0.39, 0.29) is 34.4 Å². The van der Waals surface area contributed by atoms with Crippen molar-refractivity contribution in [2.45, 2.75) is 112 Å². The number of phenols is 2. The van der Waals surface area contributed by atoms with Crippen molar-refractivity contribution >= 4 is 17.5 Å². The number of aliphatic hydroxyl groups is 3. The number of phenolic OH excluding ortho intramolecular Hbond substituents is 2. The van der Waals surface area contributed by atoms with Gasteiger partial charge in [0.15, 0.2) is 12.1 Å². The van der Waals surface area contributed by atoms with Gasteiger partial charge in [-0.15, -0.1) is 0 Å². The zero-order valence-electron chi connectivity index (χ0n) is 32.8. The smallest absolute Gasteiger partial charge is 0.316 e. The average Bonchev–Trinajstić information content (AvgIpc) is 3.12. The highest BCUT2D eigenvalue weighted by Crippen LogP contribution is 2.56. The fourth-order valence-electron chi connectivity index (χ4n) is 9.68. The Balaban J connectivity index is 1.40. The van der Waals surface area contributed by atoms with Crippen molar-refractivity contribution < 1.29 is 77.8 Å². The van der Waals surface area contributed by atoms with Crippen molar-refractivity contribution in [2.75, 3.05) is 42.5 Å². The molecule has 0 unspecified atom stereocenters. The van der Waals surface area contributed by atoms with Crippen LogP contribution in [0.15, 0.2) is 12.1 Å². The third-order valence-corrected chi connectivity index (χ3v) is 12.5. The quantitative estimate of drug-likeness (QED) is 0.212. The maximum absolute atomic E-state index is 14.8. The van der Waals surface area contributed by atoms with E-state index in [0.29, 0.717) is 0 Å². The summed E-state index contributed by atoms with van der Waals surface area (Å²) in [6.45, 7) is 6.40. The van der Waals surface area contributed by atoms with Crippen LogP contribution in [0.3, 0.4) is 0 Å². The number of carbonyl (C=O) groups is 3. The summed E-state index contributed by atoms with van der Waals surface area (Å²) in [4.78, 5) is 44.4. The first kappa shape index (κ1) is 40.4. The number of methoxy groups -OCH3 is 4. The second-order valence-corrected chi connectivity index (χ2v) is 16.0. The monoisotopic (exact) mass is 787 g/mol. The number of aliphatic hydroxyl groups excluding tert-OH is 2. The number of hydrogen-bond donors (Lipinski definition) is 5. The number of fused-ring (bicyclic) bond motifs is 8. The van der Waals surface area contributed by atoms with Crippen molar-refractivity contribution in [3.8, 4) is 17.2 Å². The van der Waals surface area contributed by atoms with E-state index >= 15 is 0 Å². The molecule has 5 aliphatic rings. The Morgan fingerprint density at radius 1 is 0.946 bits per heavy atom. The highest BCUT2D eigenvalue weighted by Gasteiger charge is 2.60. The minimum absolute atomic E-state index is 0.0417. The number of carbonyl (C=O) groups excluding carboxylic acids is 3. The van der Waals surface area contributed by atoms with E-state index in [2.05, 4.69) is 0 Å². The Labute approximate surface area is 322 Å². The molecule has 13 atom stereocenters. The third kappa shape index (κ3) is 5.47. The standard InChI is InChI=1S/C39H49NO16/c1-14-32(49-7)39(4,52-10)33(50-8)36(53-14)54-19-13-37(2,48)24(34(47)51-9)15-11-16-21(27(43)20(15)19)28(44)22-18(41)12-17-30(23(22)26(16)42)55-35-29(45)25(40(5)6)31(46)38(17,3)56-35/h11-12,14,19,24-25,29,31-33,35-36,41,43,45-46,48H,13H2,1-10H3/t14-,19+,24+,25-,29-,31-,32+,33-,35+,36+,37+,38-,39+/m1/s1. The number of hydrogen-bond acceptors (Lipinski definition) is 17. The largest absolute Gasteiger partial charge is 0.507 e. The molecule has 0 radical (unpaired) electrons. The van der Waals surface area contributed by atoms with Crippen molar-refractivity contribution in [3.05, 3.63) is 51.1 Å². The molecule has 2 fully saturated rings. The highest BCUT2D eigenvalue weighted by molar-refractivity contribution is 6.31. The van der Waals surface area contributed by atoms with Gasteiger partial charge in [-0.05, 0) is 59.5 Å². The van der Waals surface area contributed by atoms with Crippen LogP contribution in [0.1, 0.15) is 94.7 Å². The zero-order chi connectivity index (χ0) is 41.1. The minimum atomic E-state index is -1.91. The molecule has 3 aliphatic heterocycles. The van der Waals surface area contributed by atoms with E-state index in [1.165, 1.54) is 41.2 Å². The molecule has 2 aromatic carbocycles. The number of esters is 1. The zero-order valence-corrected chi connectivity index (χ0v) is 32.8. The summed E-state index contributed by atoms with van der Waals surface area (Å²) in [5, 5.41) is 58.3. The van der Waals surface area contributed by atoms with E-state index in [4.69, 9.17) is 37.9 Å².